The minimum absolute atomic E-state index is 0.422. The molecule has 2 aromatic carbocycles. The largest absolute Gasteiger partial charge is 0.443 e. The van der Waals surface area contributed by atoms with Crippen molar-refractivity contribution in [3.8, 4) is 11.3 Å². The molecular formula is C24H28N2O2. The fourth-order valence-corrected chi connectivity index (χ4v) is 3.46. The maximum Gasteiger partial charge on any atom is 0.412 e. The van der Waals surface area contributed by atoms with E-state index in [0.717, 1.165) is 51.8 Å². The first-order chi connectivity index (χ1) is 13.3. The topological polar surface area (TPSA) is 51.2 Å². The molecule has 4 nitrogen and oxygen atoms in total. The van der Waals surface area contributed by atoms with E-state index in [4.69, 9.17) is 9.72 Å². The number of carbonyl (C=O) groups is 1. The molecule has 0 fully saturated rings. The number of fused-ring (bicyclic) bond motifs is 1. The van der Waals surface area contributed by atoms with Gasteiger partial charge in [-0.15, -0.1) is 0 Å². The highest BCUT2D eigenvalue weighted by molar-refractivity contribution is 5.87. The summed E-state index contributed by atoms with van der Waals surface area (Å²) in [5.41, 5.74) is 5.36. The SMILES string of the molecule is CCCC(C)(C)OC(=O)Nc1ccc(-c2ccc3cccc(C)c3n2)cc1C. The highest BCUT2D eigenvalue weighted by Gasteiger charge is 2.22. The van der Waals surface area contributed by atoms with Gasteiger partial charge >= 0.3 is 6.09 Å². The van der Waals surface area contributed by atoms with Gasteiger partial charge in [-0.3, -0.25) is 5.32 Å². The molecule has 0 saturated heterocycles. The van der Waals surface area contributed by atoms with E-state index in [2.05, 4.69) is 37.4 Å². The van der Waals surface area contributed by atoms with Crippen LogP contribution in [0.3, 0.4) is 0 Å². The molecule has 0 unspecified atom stereocenters. The Morgan fingerprint density at radius 2 is 1.86 bits per heavy atom. The first-order valence-corrected chi connectivity index (χ1v) is 9.76. The number of amides is 1. The van der Waals surface area contributed by atoms with Gasteiger partial charge in [0, 0.05) is 16.6 Å². The van der Waals surface area contributed by atoms with Crippen LogP contribution in [0.5, 0.6) is 0 Å². The van der Waals surface area contributed by atoms with E-state index < -0.39 is 11.7 Å². The smallest absolute Gasteiger partial charge is 0.412 e. The van der Waals surface area contributed by atoms with Crippen LogP contribution >= 0.6 is 0 Å². The lowest BCUT2D eigenvalue weighted by molar-refractivity contribution is 0.0419. The predicted molar refractivity (Wildman–Crippen MR) is 116 cm³/mol. The Labute approximate surface area is 166 Å². The van der Waals surface area contributed by atoms with Gasteiger partial charge in [0.2, 0.25) is 0 Å². The summed E-state index contributed by atoms with van der Waals surface area (Å²) in [6.07, 6.45) is 1.37. The molecule has 1 amide bonds. The third kappa shape index (κ3) is 4.50. The standard InChI is InChI=1S/C24H28N2O2/c1-6-14-24(4,5)28-23(27)26-20-12-11-19(15-17(20)3)21-13-10-18-9-7-8-16(2)22(18)25-21/h7-13,15H,6,14H2,1-5H3,(H,26,27). The summed E-state index contributed by atoms with van der Waals surface area (Å²) in [7, 11) is 0. The Morgan fingerprint density at radius 3 is 2.57 bits per heavy atom. The molecule has 0 aliphatic carbocycles. The van der Waals surface area contributed by atoms with Crippen molar-refractivity contribution in [1.82, 2.24) is 4.98 Å². The molecule has 1 aromatic heterocycles. The average molecular weight is 377 g/mol. The Morgan fingerprint density at radius 1 is 1.07 bits per heavy atom. The highest BCUT2D eigenvalue weighted by atomic mass is 16.6. The number of hydrogen-bond donors (Lipinski definition) is 1. The molecule has 4 heteroatoms. The van der Waals surface area contributed by atoms with Crippen LogP contribution in [-0.2, 0) is 4.74 Å². The third-order valence-electron chi connectivity index (χ3n) is 4.90. The zero-order valence-corrected chi connectivity index (χ0v) is 17.3. The monoisotopic (exact) mass is 376 g/mol. The molecule has 3 aromatic rings. The molecule has 0 aliphatic heterocycles. The number of hydrogen-bond acceptors (Lipinski definition) is 3. The molecule has 0 radical (unpaired) electrons. The normalized spacial score (nSPS) is 11.5. The van der Waals surface area contributed by atoms with Crippen LogP contribution in [0.15, 0.2) is 48.5 Å². The molecule has 1 N–H and O–H groups in total. The lowest BCUT2D eigenvalue weighted by atomic mass is 10.0. The van der Waals surface area contributed by atoms with E-state index in [9.17, 15) is 4.79 Å². The number of aromatic nitrogens is 1. The van der Waals surface area contributed by atoms with Crippen LogP contribution in [0.1, 0.15) is 44.7 Å². The molecule has 0 saturated carbocycles. The van der Waals surface area contributed by atoms with Crippen molar-refractivity contribution >= 4 is 22.7 Å². The Hall–Kier alpha value is -2.88. The number of nitrogens with one attached hydrogen (secondary N) is 1. The molecule has 0 bridgehead atoms. The van der Waals surface area contributed by atoms with Crippen LogP contribution in [0.25, 0.3) is 22.2 Å². The van der Waals surface area contributed by atoms with Crippen LogP contribution in [0.4, 0.5) is 10.5 Å². The van der Waals surface area contributed by atoms with E-state index in [1.807, 2.05) is 51.1 Å². The van der Waals surface area contributed by atoms with E-state index >= 15 is 0 Å². The average Bonchev–Trinajstić information content (AvgIpc) is 2.63. The molecule has 28 heavy (non-hydrogen) atoms. The van der Waals surface area contributed by atoms with E-state index in [1.165, 1.54) is 0 Å². The van der Waals surface area contributed by atoms with Crippen molar-refractivity contribution < 1.29 is 9.53 Å². The first kappa shape index (κ1) is 19.9. The number of para-hydroxylation sites is 1. The zero-order valence-electron chi connectivity index (χ0n) is 17.3. The fraction of sp³-hybridized carbons (Fsp3) is 0.333. The van der Waals surface area contributed by atoms with Gasteiger partial charge in [0.05, 0.1) is 11.2 Å². The predicted octanol–water partition coefficient (Wildman–Crippen LogP) is 6.65. The second-order valence-corrected chi connectivity index (χ2v) is 7.90. The molecule has 1 heterocycles. The second-order valence-electron chi connectivity index (χ2n) is 7.90. The summed E-state index contributed by atoms with van der Waals surface area (Å²) in [6, 6.07) is 16.2. The Bertz CT molecular complexity index is 1010. The van der Waals surface area contributed by atoms with Gasteiger partial charge in [0.15, 0.2) is 0 Å². The molecule has 3 rings (SSSR count). The third-order valence-corrected chi connectivity index (χ3v) is 4.90. The number of rotatable bonds is 5. The first-order valence-electron chi connectivity index (χ1n) is 9.76. The number of aryl methyl sites for hydroxylation is 2. The van der Waals surface area contributed by atoms with Crippen molar-refractivity contribution in [2.45, 2.75) is 53.1 Å². The second kappa shape index (κ2) is 8.01. The van der Waals surface area contributed by atoms with Crippen molar-refractivity contribution in [3.63, 3.8) is 0 Å². The number of anilines is 1. The minimum atomic E-state index is -0.473. The lowest BCUT2D eigenvalue weighted by Crippen LogP contribution is -2.30. The van der Waals surface area contributed by atoms with E-state index in [-0.39, 0.29) is 0 Å². The van der Waals surface area contributed by atoms with Gasteiger partial charge in [0.1, 0.15) is 5.60 Å². The number of benzene rings is 2. The van der Waals surface area contributed by atoms with Gasteiger partial charge in [-0.05, 0) is 63.4 Å². The quantitative estimate of drug-likeness (QED) is 0.542. The number of ether oxygens (including phenoxy) is 1. The van der Waals surface area contributed by atoms with Crippen molar-refractivity contribution in [2.75, 3.05) is 5.32 Å². The minimum Gasteiger partial charge on any atom is -0.443 e. The van der Waals surface area contributed by atoms with E-state index in [0.29, 0.717) is 0 Å². The maximum absolute atomic E-state index is 12.2. The van der Waals surface area contributed by atoms with Gasteiger partial charge in [-0.1, -0.05) is 43.7 Å². The summed E-state index contributed by atoms with van der Waals surface area (Å²) in [6.45, 7) is 9.98. The highest BCUT2D eigenvalue weighted by Crippen LogP contribution is 2.27. The van der Waals surface area contributed by atoms with Crippen molar-refractivity contribution in [3.05, 3.63) is 59.7 Å². The van der Waals surface area contributed by atoms with Crippen LogP contribution < -0.4 is 5.32 Å². The molecule has 0 aliphatic rings. The molecule has 0 spiro atoms. The summed E-state index contributed by atoms with van der Waals surface area (Å²) in [5.74, 6) is 0. The maximum atomic E-state index is 12.2. The summed E-state index contributed by atoms with van der Waals surface area (Å²) < 4.78 is 5.55. The van der Waals surface area contributed by atoms with Crippen LogP contribution in [0, 0.1) is 13.8 Å². The molecular weight excluding hydrogens is 348 g/mol. The van der Waals surface area contributed by atoms with Gasteiger partial charge in [0.25, 0.3) is 0 Å². The molecule has 0 atom stereocenters. The van der Waals surface area contributed by atoms with Gasteiger partial charge in [-0.25, -0.2) is 9.78 Å². The summed E-state index contributed by atoms with van der Waals surface area (Å²) in [4.78, 5) is 17.1. The summed E-state index contributed by atoms with van der Waals surface area (Å²) >= 11 is 0. The Kier molecular flexibility index (Phi) is 5.68. The van der Waals surface area contributed by atoms with E-state index in [1.54, 1.807) is 0 Å². The van der Waals surface area contributed by atoms with Gasteiger partial charge in [-0.2, -0.15) is 0 Å². The number of carbonyl (C=O) groups excluding carboxylic acids is 1. The number of nitrogens with zero attached hydrogens (tertiary/aromatic N) is 1. The van der Waals surface area contributed by atoms with Gasteiger partial charge < -0.3 is 4.74 Å². The molecule has 146 valence electrons. The van der Waals surface area contributed by atoms with Crippen molar-refractivity contribution in [1.29, 1.82) is 0 Å². The Balaban J connectivity index is 1.81. The fourth-order valence-electron chi connectivity index (χ4n) is 3.46. The zero-order chi connectivity index (χ0) is 20.3. The van der Waals surface area contributed by atoms with Crippen LogP contribution in [0.2, 0.25) is 0 Å². The van der Waals surface area contributed by atoms with Crippen LogP contribution in [-0.4, -0.2) is 16.7 Å². The number of pyridine rings is 1. The van der Waals surface area contributed by atoms with Crippen molar-refractivity contribution in [2.24, 2.45) is 0 Å². The summed E-state index contributed by atoms with van der Waals surface area (Å²) in [5, 5.41) is 4.00. The lowest BCUT2D eigenvalue weighted by Gasteiger charge is -2.24.